The van der Waals surface area contributed by atoms with E-state index in [2.05, 4.69) is 37.8 Å². The summed E-state index contributed by atoms with van der Waals surface area (Å²) < 4.78 is 33.6. The average molecular weight is 1060 g/mol. The van der Waals surface area contributed by atoms with Gasteiger partial charge in [-0.1, -0.05) is 191 Å². The third-order valence-electron chi connectivity index (χ3n) is 14.2. The molecule has 0 aliphatic carbocycles. The van der Waals surface area contributed by atoms with Crippen LogP contribution in [-0.2, 0) is 38.0 Å². The van der Waals surface area contributed by atoms with Gasteiger partial charge >= 0.3 is 11.9 Å². The van der Waals surface area contributed by atoms with Crippen molar-refractivity contribution in [2.45, 2.75) is 299 Å². The second-order valence-electron chi connectivity index (χ2n) is 20.9. The molecule has 2 aliphatic heterocycles. The Bertz CT molecular complexity index is 1410. The van der Waals surface area contributed by atoms with E-state index in [4.69, 9.17) is 28.4 Å². The number of allylic oxidation sites excluding steroid dienone is 5. The smallest absolute Gasteiger partial charge is 0.306 e. The van der Waals surface area contributed by atoms with Crippen molar-refractivity contribution in [3.8, 4) is 0 Å². The Balaban J connectivity index is 1.74. The summed E-state index contributed by atoms with van der Waals surface area (Å²) in [5.41, 5.74) is 0. The van der Waals surface area contributed by atoms with E-state index >= 15 is 0 Å². The largest absolute Gasteiger partial charge is 0.462 e. The lowest BCUT2D eigenvalue weighted by Gasteiger charge is -2.42. The summed E-state index contributed by atoms with van der Waals surface area (Å²) in [4.78, 5) is 25.9. The highest BCUT2D eigenvalue weighted by atomic mass is 16.7. The van der Waals surface area contributed by atoms with E-state index in [-0.39, 0.29) is 19.4 Å². The molecule has 2 saturated heterocycles. The minimum absolute atomic E-state index is 0.156. The first-order valence-corrected chi connectivity index (χ1v) is 29.5. The second kappa shape index (κ2) is 45.7. The maximum atomic E-state index is 13.0. The van der Waals surface area contributed by atoms with Crippen LogP contribution in [0, 0.1) is 0 Å². The van der Waals surface area contributed by atoms with Crippen molar-refractivity contribution in [3.63, 3.8) is 0 Å². The van der Waals surface area contributed by atoms with Crippen molar-refractivity contribution < 1.29 is 73.8 Å². The van der Waals surface area contributed by atoms with Crippen LogP contribution in [0.15, 0.2) is 37.0 Å². The first-order chi connectivity index (χ1) is 36.0. The molecule has 432 valence electrons. The predicted octanol–water partition coefficient (Wildman–Crippen LogP) is 10.1. The van der Waals surface area contributed by atoms with E-state index in [1.165, 1.54) is 148 Å². The number of aliphatic hydroxyl groups excluding tert-OH is 7. The molecular formula is C59H106O15. The number of carbonyl (C=O) groups excluding carboxylic acids is 2. The van der Waals surface area contributed by atoms with Crippen LogP contribution in [0.4, 0.5) is 0 Å². The Morgan fingerprint density at radius 1 is 0.459 bits per heavy atom. The summed E-state index contributed by atoms with van der Waals surface area (Å²) in [5, 5.41) is 72.2. The number of hydrogen-bond acceptors (Lipinski definition) is 15. The molecule has 0 amide bonds. The molecule has 74 heavy (non-hydrogen) atoms. The summed E-state index contributed by atoms with van der Waals surface area (Å²) in [6.45, 7) is 4.13. The Kier molecular flexibility index (Phi) is 41.9. The van der Waals surface area contributed by atoms with Crippen LogP contribution >= 0.6 is 0 Å². The number of aliphatic hydroxyl groups is 7. The minimum Gasteiger partial charge on any atom is -0.462 e. The van der Waals surface area contributed by atoms with Gasteiger partial charge in [0.1, 0.15) is 55.4 Å². The average Bonchev–Trinajstić information content (AvgIpc) is 3.39. The molecule has 2 rings (SSSR count). The summed E-state index contributed by atoms with van der Waals surface area (Å²) in [7, 11) is 0. The predicted molar refractivity (Wildman–Crippen MR) is 289 cm³/mol. The van der Waals surface area contributed by atoms with Gasteiger partial charge in [0.25, 0.3) is 0 Å². The van der Waals surface area contributed by atoms with Crippen LogP contribution in [0.3, 0.4) is 0 Å². The quantitative estimate of drug-likeness (QED) is 0.0171. The maximum Gasteiger partial charge on any atom is 0.306 e. The molecule has 2 aliphatic rings. The molecule has 4 unspecified atom stereocenters. The van der Waals surface area contributed by atoms with Crippen molar-refractivity contribution in [1.82, 2.24) is 0 Å². The van der Waals surface area contributed by atoms with Crippen LogP contribution in [0.5, 0.6) is 0 Å². The van der Waals surface area contributed by atoms with Gasteiger partial charge in [0.2, 0.25) is 0 Å². The molecule has 2 heterocycles. The normalized spacial score (nSPS) is 24.7. The van der Waals surface area contributed by atoms with E-state index in [9.17, 15) is 45.3 Å². The third kappa shape index (κ3) is 32.5. The Morgan fingerprint density at radius 3 is 1.36 bits per heavy atom. The molecule has 0 aromatic heterocycles. The number of unbranched alkanes of at least 4 members (excludes halogenated alkanes) is 29. The maximum absolute atomic E-state index is 13.0. The summed E-state index contributed by atoms with van der Waals surface area (Å²) >= 11 is 0. The molecule has 15 nitrogen and oxygen atoms in total. The topological polar surface area (TPSA) is 231 Å². The zero-order valence-corrected chi connectivity index (χ0v) is 45.9. The van der Waals surface area contributed by atoms with Gasteiger partial charge in [0.15, 0.2) is 18.7 Å². The Morgan fingerprint density at radius 2 is 0.865 bits per heavy atom. The molecule has 2 fully saturated rings. The fourth-order valence-electron chi connectivity index (χ4n) is 9.40. The van der Waals surface area contributed by atoms with Crippen molar-refractivity contribution >= 4 is 11.9 Å². The second-order valence-corrected chi connectivity index (χ2v) is 20.9. The molecule has 0 aromatic rings. The molecular weight excluding hydrogens is 949 g/mol. The van der Waals surface area contributed by atoms with Crippen molar-refractivity contribution in [1.29, 1.82) is 0 Å². The van der Waals surface area contributed by atoms with Gasteiger partial charge in [-0.15, -0.1) is 6.58 Å². The summed E-state index contributed by atoms with van der Waals surface area (Å²) in [6, 6.07) is 0. The summed E-state index contributed by atoms with van der Waals surface area (Å²) in [6.07, 6.45) is 33.6. The zero-order chi connectivity index (χ0) is 53.9. The van der Waals surface area contributed by atoms with Crippen LogP contribution in [0.2, 0.25) is 0 Å². The number of rotatable bonds is 48. The lowest BCUT2D eigenvalue weighted by atomic mass is 9.98. The van der Waals surface area contributed by atoms with E-state index in [0.29, 0.717) is 19.3 Å². The molecule has 0 saturated carbocycles. The standard InChI is InChI=1S/C59H106O15/c1-3-5-7-9-11-13-15-17-19-20-21-22-23-24-25-26-28-29-31-33-35-37-39-41-50(61)69-44-47(72-51(62)42-40-38-36-34-32-30-27-18-16-14-12-10-8-6-4-2)45-70-58-57(68)55(66)53(64)49(74-58)46-71-59-56(67)54(65)52(63)48(43-60)73-59/h4,26,28,33,35,47-49,52-60,63-68H,2-3,5-25,27,29-32,34,36-46H2,1H3/b28-26+,35-33+/t47-,48+,49+,52-,53-,54?,55?,56?,57?,58+,59+/m0/s1. The van der Waals surface area contributed by atoms with Crippen molar-refractivity contribution in [3.05, 3.63) is 37.0 Å². The van der Waals surface area contributed by atoms with Gasteiger partial charge in [0, 0.05) is 12.8 Å². The van der Waals surface area contributed by atoms with Crippen LogP contribution in [-0.4, -0.2) is 142 Å². The molecule has 0 bridgehead atoms. The molecule has 11 atom stereocenters. The highest BCUT2D eigenvalue weighted by Crippen LogP contribution is 2.27. The van der Waals surface area contributed by atoms with E-state index < -0.39 is 99.3 Å². The fraction of sp³-hybridized carbons (Fsp3) is 0.864. The molecule has 0 aromatic carbocycles. The Labute approximate surface area is 446 Å². The first kappa shape index (κ1) is 67.8. The monoisotopic (exact) mass is 1050 g/mol. The number of carbonyl (C=O) groups is 2. The van der Waals surface area contributed by atoms with Crippen LogP contribution < -0.4 is 0 Å². The SMILES string of the molecule is C=CCCCCCCCCCCCCCCCC(=O)O[C@@H](COC(=O)CCC/C=C/CC/C=C/CCCCCCCCCCCCCCCC)CO[C@@H]1O[C@H](CO[C@@H]2O[C@H](CO)[C@H](O)C(O)C2O)[C@H](O)C(O)C1O. The molecule has 7 N–H and O–H groups in total. The van der Waals surface area contributed by atoms with E-state index in [0.717, 1.165) is 44.9 Å². The van der Waals surface area contributed by atoms with Gasteiger partial charge in [-0.25, -0.2) is 0 Å². The zero-order valence-electron chi connectivity index (χ0n) is 45.9. The molecule has 0 radical (unpaired) electrons. The van der Waals surface area contributed by atoms with Gasteiger partial charge in [0.05, 0.1) is 19.8 Å². The number of hydrogen-bond donors (Lipinski definition) is 7. The first-order valence-electron chi connectivity index (χ1n) is 29.5. The lowest BCUT2D eigenvalue weighted by Crippen LogP contribution is -2.61. The highest BCUT2D eigenvalue weighted by Gasteiger charge is 2.47. The van der Waals surface area contributed by atoms with Gasteiger partial charge in [-0.2, -0.15) is 0 Å². The number of esters is 2. The Hall–Kier alpha value is -2.28. The minimum atomic E-state index is -1.77. The molecule has 0 spiro atoms. The molecule has 15 heteroatoms. The van der Waals surface area contributed by atoms with E-state index in [1.54, 1.807) is 0 Å². The van der Waals surface area contributed by atoms with E-state index in [1.807, 2.05) is 6.08 Å². The van der Waals surface area contributed by atoms with Crippen LogP contribution in [0.25, 0.3) is 0 Å². The fourth-order valence-corrected chi connectivity index (χ4v) is 9.40. The van der Waals surface area contributed by atoms with Gasteiger partial charge in [-0.05, 0) is 57.8 Å². The van der Waals surface area contributed by atoms with Crippen LogP contribution in [0.1, 0.15) is 232 Å². The van der Waals surface area contributed by atoms with Crippen molar-refractivity contribution in [2.24, 2.45) is 0 Å². The summed E-state index contributed by atoms with van der Waals surface area (Å²) in [5.74, 6) is -0.969. The third-order valence-corrected chi connectivity index (χ3v) is 14.2. The lowest BCUT2D eigenvalue weighted by molar-refractivity contribution is -0.332. The number of ether oxygens (including phenoxy) is 6. The van der Waals surface area contributed by atoms with Gasteiger partial charge in [-0.3, -0.25) is 9.59 Å². The van der Waals surface area contributed by atoms with Gasteiger partial charge < -0.3 is 64.2 Å². The highest BCUT2D eigenvalue weighted by molar-refractivity contribution is 5.70. The van der Waals surface area contributed by atoms with Crippen molar-refractivity contribution in [2.75, 3.05) is 26.4 Å².